The maximum atomic E-state index is 11.7. The van der Waals surface area contributed by atoms with E-state index in [1.165, 1.54) is 7.11 Å². The average Bonchev–Trinajstić information content (AvgIpc) is 2.45. The molecule has 0 atom stereocenters. The lowest BCUT2D eigenvalue weighted by molar-refractivity contribution is 0.287. The van der Waals surface area contributed by atoms with E-state index in [0.717, 1.165) is 5.56 Å². The van der Waals surface area contributed by atoms with Crippen LogP contribution in [0.25, 0.3) is 0 Å². The zero-order valence-corrected chi connectivity index (χ0v) is 12.6. The summed E-state index contributed by atoms with van der Waals surface area (Å²) in [4.78, 5) is 0. The SMILES string of the molecule is COc1ccc(CNS(=O)(=O)CCCCO)c(OC)c1. The van der Waals surface area contributed by atoms with Gasteiger partial charge < -0.3 is 14.6 Å². The van der Waals surface area contributed by atoms with Crippen LogP contribution in [0.3, 0.4) is 0 Å². The standard InChI is InChI=1S/C13H21NO5S/c1-18-12-6-5-11(13(9-12)19-2)10-14-20(16,17)8-4-3-7-15/h5-6,9,14-15H,3-4,7-8,10H2,1-2H3. The Morgan fingerprint density at radius 3 is 2.55 bits per heavy atom. The number of rotatable bonds is 9. The van der Waals surface area contributed by atoms with E-state index in [4.69, 9.17) is 14.6 Å². The van der Waals surface area contributed by atoms with Gasteiger partial charge in [-0.2, -0.15) is 0 Å². The lowest BCUT2D eigenvalue weighted by atomic mass is 10.2. The minimum absolute atomic E-state index is 0.00181. The first-order chi connectivity index (χ1) is 9.52. The van der Waals surface area contributed by atoms with E-state index in [-0.39, 0.29) is 18.9 Å². The van der Waals surface area contributed by atoms with Crippen LogP contribution in [0.4, 0.5) is 0 Å². The normalized spacial score (nSPS) is 11.3. The maximum absolute atomic E-state index is 11.7. The molecule has 114 valence electrons. The van der Waals surface area contributed by atoms with Gasteiger partial charge in [0.25, 0.3) is 0 Å². The quantitative estimate of drug-likeness (QED) is 0.662. The van der Waals surface area contributed by atoms with Crippen LogP contribution < -0.4 is 14.2 Å². The van der Waals surface area contributed by atoms with Crippen molar-refractivity contribution in [2.24, 2.45) is 0 Å². The molecule has 0 saturated heterocycles. The van der Waals surface area contributed by atoms with Crippen molar-refractivity contribution in [3.63, 3.8) is 0 Å². The molecule has 0 aromatic heterocycles. The number of hydrogen-bond donors (Lipinski definition) is 2. The van der Waals surface area contributed by atoms with Gasteiger partial charge in [-0.25, -0.2) is 13.1 Å². The van der Waals surface area contributed by atoms with Crippen molar-refractivity contribution in [2.45, 2.75) is 19.4 Å². The van der Waals surface area contributed by atoms with Crippen molar-refractivity contribution in [3.8, 4) is 11.5 Å². The zero-order chi connectivity index (χ0) is 15.0. The van der Waals surface area contributed by atoms with Crippen LogP contribution in [0.5, 0.6) is 11.5 Å². The van der Waals surface area contributed by atoms with Crippen molar-refractivity contribution in [1.82, 2.24) is 4.72 Å². The molecule has 2 N–H and O–H groups in total. The van der Waals surface area contributed by atoms with Gasteiger partial charge >= 0.3 is 0 Å². The van der Waals surface area contributed by atoms with Gasteiger partial charge in [0.15, 0.2) is 0 Å². The molecule has 1 aromatic rings. The van der Waals surface area contributed by atoms with Gasteiger partial charge in [0.2, 0.25) is 10.0 Å². The molecule has 0 bridgehead atoms. The second-order valence-corrected chi connectivity index (χ2v) is 6.17. The summed E-state index contributed by atoms with van der Waals surface area (Å²) < 4.78 is 36.3. The Morgan fingerprint density at radius 2 is 1.95 bits per heavy atom. The third kappa shape index (κ3) is 5.36. The molecule has 1 rings (SSSR count). The Morgan fingerprint density at radius 1 is 1.20 bits per heavy atom. The predicted molar refractivity (Wildman–Crippen MR) is 76.5 cm³/mol. The molecule has 6 nitrogen and oxygen atoms in total. The first-order valence-electron chi connectivity index (χ1n) is 6.31. The molecule has 0 aliphatic heterocycles. The number of aliphatic hydroxyl groups excluding tert-OH is 1. The first kappa shape index (κ1) is 16.7. The highest BCUT2D eigenvalue weighted by Gasteiger charge is 2.12. The molecule has 0 heterocycles. The summed E-state index contributed by atoms with van der Waals surface area (Å²) in [5.41, 5.74) is 0.735. The molecule has 1 aromatic carbocycles. The third-order valence-electron chi connectivity index (χ3n) is 2.80. The molecule has 0 aliphatic rings. The number of sulfonamides is 1. The summed E-state index contributed by atoms with van der Waals surface area (Å²) >= 11 is 0. The van der Waals surface area contributed by atoms with Crippen LogP contribution in [-0.2, 0) is 16.6 Å². The summed E-state index contributed by atoms with van der Waals surface area (Å²) in [7, 11) is -0.265. The van der Waals surface area contributed by atoms with Gasteiger partial charge in [0.05, 0.1) is 20.0 Å². The van der Waals surface area contributed by atoms with Crippen molar-refractivity contribution >= 4 is 10.0 Å². The largest absolute Gasteiger partial charge is 0.497 e. The van der Waals surface area contributed by atoms with E-state index in [1.807, 2.05) is 0 Å². The van der Waals surface area contributed by atoms with Crippen molar-refractivity contribution in [3.05, 3.63) is 23.8 Å². The summed E-state index contributed by atoms with van der Waals surface area (Å²) in [5, 5.41) is 8.65. The highest BCUT2D eigenvalue weighted by Crippen LogP contribution is 2.24. The van der Waals surface area contributed by atoms with E-state index in [9.17, 15) is 8.42 Å². The Bertz CT molecular complexity index is 515. The van der Waals surface area contributed by atoms with Crippen molar-refractivity contribution < 1.29 is 23.0 Å². The fourth-order valence-corrected chi connectivity index (χ4v) is 2.77. The molecule has 0 fully saturated rings. The van der Waals surface area contributed by atoms with Gasteiger partial charge in [-0.15, -0.1) is 0 Å². The summed E-state index contributed by atoms with van der Waals surface area (Å²) in [5.74, 6) is 1.23. The monoisotopic (exact) mass is 303 g/mol. The molecule has 0 radical (unpaired) electrons. The predicted octanol–water partition coefficient (Wildman–Crippen LogP) is 0.896. The topological polar surface area (TPSA) is 84.9 Å². The molecular formula is C13H21NO5S. The van der Waals surface area contributed by atoms with Crippen LogP contribution >= 0.6 is 0 Å². The number of methoxy groups -OCH3 is 2. The molecule has 0 saturated carbocycles. The highest BCUT2D eigenvalue weighted by atomic mass is 32.2. The molecular weight excluding hydrogens is 282 g/mol. The minimum atomic E-state index is -3.34. The number of ether oxygens (including phenoxy) is 2. The molecule has 0 unspecified atom stereocenters. The maximum Gasteiger partial charge on any atom is 0.211 e. The number of unbranched alkanes of at least 4 members (excludes halogenated alkanes) is 1. The Hall–Kier alpha value is -1.31. The fourth-order valence-electron chi connectivity index (χ4n) is 1.66. The zero-order valence-electron chi connectivity index (χ0n) is 11.8. The summed E-state index contributed by atoms with van der Waals surface area (Å²) in [6.45, 7) is 0.163. The van der Waals surface area contributed by atoms with Crippen LogP contribution in [0.1, 0.15) is 18.4 Å². The van der Waals surface area contributed by atoms with Crippen molar-refractivity contribution in [1.29, 1.82) is 0 Å². The number of nitrogens with one attached hydrogen (secondary N) is 1. The van der Waals surface area contributed by atoms with Gasteiger partial charge in [-0.05, 0) is 18.9 Å². The number of benzene rings is 1. The fraction of sp³-hybridized carbons (Fsp3) is 0.538. The summed E-state index contributed by atoms with van der Waals surface area (Å²) in [6, 6.07) is 5.21. The highest BCUT2D eigenvalue weighted by molar-refractivity contribution is 7.89. The molecule has 0 aliphatic carbocycles. The van der Waals surface area contributed by atoms with E-state index in [1.54, 1.807) is 25.3 Å². The number of hydrogen-bond acceptors (Lipinski definition) is 5. The minimum Gasteiger partial charge on any atom is -0.497 e. The molecule has 0 spiro atoms. The van der Waals surface area contributed by atoms with E-state index >= 15 is 0 Å². The Labute approximate surface area is 119 Å². The molecule has 20 heavy (non-hydrogen) atoms. The van der Waals surface area contributed by atoms with Crippen molar-refractivity contribution in [2.75, 3.05) is 26.6 Å². The number of aliphatic hydroxyl groups is 1. The van der Waals surface area contributed by atoms with Gasteiger partial charge in [-0.1, -0.05) is 6.07 Å². The third-order valence-corrected chi connectivity index (χ3v) is 4.21. The van der Waals surface area contributed by atoms with Gasteiger partial charge in [-0.3, -0.25) is 0 Å². The van der Waals surface area contributed by atoms with Crippen LogP contribution in [0, 0.1) is 0 Å². The molecule has 0 amide bonds. The first-order valence-corrected chi connectivity index (χ1v) is 7.96. The van der Waals surface area contributed by atoms with E-state index < -0.39 is 10.0 Å². The van der Waals surface area contributed by atoms with Gasteiger partial charge in [0, 0.05) is 24.8 Å². The smallest absolute Gasteiger partial charge is 0.211 e. The van der Waals surface area contributed by atoms with Crippen LogP contribution in [0.2, 0.25) is 0 Å². The molecule has 7 heteroatoms. The van der Waals surface area contributed by atoms with Crippen LogP contribution in [0.15, 0.2) is 18.2 Å². The van der Waals surface area contributed by atoms with Gasteiger partial charge in [0.1, 0.15) is 11.5 Å². The Kier molecular flexibility index (Phi) is 6.77. The average molecular weight is 303 g/mol. The second kappa shape index (κ2) is 8.08. The summed E-state index contributed by atoms with van der Waals surface area (Å²) in [6.07, 6.45) is 0.915. The Balaban J connectivity index is 2.65. The lowest BCUT2D eigenvalue weighted by Crippen LogP contribution is -2.26. The van der Waals surface area contributed by atoms with E-state index in [2.05, 4.69) is 4.72 Å². The van der Waals surface area contributed by atoms with Crippen LogP contribution in [-0.4, -0.2) is 40.1 Å². The van der Waals surface area contributed by atoms with E-state index in [0.29, 0.717) is 24.3 Å². The lowest BCUT2D eigenvalue weighted by Gasteiger charge is -2.11. The second-order valence-electron chi connectivity index (χ2n) is 4.25.